The van der Waals surface area contributed by atoms with Gasteiger partial charge in [-0.25, -0.2) is 4.79 Å². The fourth-order valence-corrected chi connectivity index (χ4v) is 2.37. The Labute approximate surface area is 143 Å². The summed E-state index contributed by atoms with van der Waals surface area (Å²) in [4.78, 5) is 11.5. The van der Waals surface area contributed by atoms with Gasteiger partial charge in [0, 0.05) is 5.56 Å². The number of anilines is 1. The minimum Gasteiger partial charge on any atom is -0.489 e. The monoisotopic (exact) mass is 325 g/mol. The molecule has 1 N–H and O–H groups in total. The minimum absolute atomic E-state index is 0.350. The number of rotatable bonds is 6. The summed E-state index contributed by atoms with van der Waals surface area (Å²) >= 11 is 0. The van der Waals surface area contributed by atoms with Crippen LogP contribution in [0.1, 0.15) is 29.2 Å². The van der Waals surface area contributed by atoms with Gasteiger partial charge in [-0.2, -0.15) is 0 Å². The van der Waals surface area contributed by atoms with Crippen LogP contribution in [0.5, 0.6) is 5.75 Å². The van der Waals surface area contributed by atoms with Gasteiger partial charge in [0.2, 0.25) is 0 Å². The highest BCUT2D eigenvalue weighted by atomic mass is 16.5. The molecular weight excluding hydrogens is 302 g/mol. The maximum atomic E-state index is 11.5. The van der Waals surface area contributed by atoms with E-state index in [1.54, 1.807) is 6.08 Å². The number of aryl methyl sites for hydroxylation is 2. The standard InChI is InChI=1S/C20H23NO3/c1-5-15-8-10-19(14(3)11-15)24-13-17-9-7-16(6-2)12-18(17)21-20(22)23-4/h6-12H,2,5,13H2,1,3-4H3,(H,21,22). The first-order valence-corrected chi connectivity index (χ1v) is 7.90. The summed E-state index contributed by atoms with van der Waals surface area (Å²) in [6, 6.07) is 11.9. The summed E-state index contributed by atoms with van der Waals surface area (Å²) < 4.78 is 10.6. The number of nitrogens with one attached hydrogen (secondary N) is 1. The Balaban J connectivity index is 2.19. The topological polar surface area (TPSA) is 47.6 Å². The molecule has 1 amide bonds. The second kappa shape index (κ2) is 8.20. The van der Waals surface area contributed by atoms with E-state index in [-0.39, 0.29) is 0 Å². The number of hydrogen-bond donors (Lipinski definition) is 1. The van der Waals surface area contributed by atoms with E-state index >= 15 is 0 Å². The van der Waals surface area contributed by atoms with Crippen molar-refractivity contribution < 1.29 is 14.3 Å². The molecule has 0 radical (unpaired) electrons. The van der Waals surface area contributed by atoms with Crippen LogP contribution in [0.25, 0.3) is 6.08 Å². The van der Waals surface area contributed by atoms with Crippen LogP contribution in [0, 0.1) is 6.92 Å². The zero-order valence-corrected chi connectivity index (χ0v) is 14.4. The second-order valence-corrected chi connectivity index (χ2v) is 5.48. The van der Waals surface area contributed by atoms with Gasteiger partial charge in [-0.3, -0.25) is 5.32 Å². The van der Waals surface area contributed by atoms with Gasteiger partial charge < -0.3 is 9.47 Å². The number of benzene rings is 2. The third kappa shape index (κ3) is 4.38. The predicted octanol–water partition coefficient (Wildman–Crippen LogP) is 4.96. The number of hydrogen-bond acceptors (Lipinski definition) is 3. The van der Waals surface area contributed by atoms with E-state index in [0.717, 1.165) is 28.9 Å². The molecule has 2 aromatic rings. The molecule has 0 saturated heterocycles. The summed E-state index contributed by atoms with van der Waals surface area (Å²) in [6.45, 7) is 8.25. The molecule has 0 bridgehead atoms. The average Bonchev–Trinajstić information content (AvgIpc) is 2.61. The molecular formula is C20H23NO3. The van der Waals surface area contributed by atoms with Crippen LogP contribution in [0.4, 0.5) is 10.5 Å². The van der Waals surface area contributed by atoms with Crippen molar-refractivity contribution in [1.82, 2.24) is 0 Å². The predicted molar refractivity (Wildman–Crippen MR) is 97.4 cm³/mol. The van der Waals surface area contributed by atoms with Gasteiger partial charge in [-0.1, -0.05) is 43.8 Å². The van der Waals surface area contributed by atoms with Crippen LogP contribution in [-0.4, -0.2) is 13.2 Å². The SMILES string of the molecule is C=Cc1ccc(COc2ccc(CC)cc2C)c(NC(=O)OC)c1. The van der Waals surface area contributed by atoms with Crippen LogP contribution >= 0.6 is 0 Å². The molecule has 0 atom stereocenters. The second-order valence-electron chi connectivity index (χ2n) is 5.48. The first-order valence-electron chi connectivity index (χ1n) is 7.90. The van der Waals surface area contributed by atoms with E-state index < -0.39 is 6.09 Å². The summed E-state index contributed by atoms with van der Waals surface area (Å²) in [5, 5.41) is 2.72. The number of ether oxygens (including phenoxy) is 2. The molecule has 0 spiro atoms. The summed E-state index contributed by atoms with van der Waals surface area (Å²) in [5.74, 6) is 0.837. The Morgan fingerprint density at radius 3 is 2.67 bits per heavy atom. The van der Waals surface area contributed by atoms with Crippen molar-refractivity contribution in [2.24, 2.45) is 0 Å². The maximum absolute atomic E-state index is 11.5. The third-order valence-electron chi connectivity index (χ3n) is 3.82. The normalized spacial score (nSPS) is 10.1. The van der Waals surface area contributed by atoms with E-state index in [2.05, 4.69) is 35.7 Å². The summed E-state index contributed by atoms with van der Waals surface area (Å²) in [6.07, 6.45) is 2.21. The smallest absolute Gasteiger partial charge is 0.411 e. The molecule has 0 heterocycles. The number of methoxy groups -OCH3 is 1. The number of carbonyl (C=O) groups is 1. The van der Waals surface area contributed by atoms with Crippen molar-refractivity contribution in [3.8, 4) is 5.75 Å². The zero-order chi connectivity index (χ0) is 17.5. The zero-order valence-electron chi connectivity index (χ0n) is 14.4. The van der Waals surface area contributed by atoms with Crippen molar-refractivity contribution >= 4 is 17.9 Å². The van der Waals surface area contributed by atoms with Crippen molar-refractivity contribution in [1.29, 1.82) is 0 Å². The van der Waals surface area contributed by atoms with Crippen LogP contribution in [0.15, 0.2) is 43.0 Å². The molecule has 0 fully saturated rings. The Kier molecular flexibility index (Phi) is 6.01. The highest BCUT2D eigenvalue weighted by Gasteiger charge is 2.09. The highest BCUT2D eigenvalue weighted by molar-refractivity contribution is 5.86. The number of carbonyl (C=O) groups excluding carboxylic acids is 1. The van der Waals surface area contributed by atoms with Crippen molar-refractivity contribution in [2.45, 2.75) is 26.9 Å². The molecule has 0 aliphatic carbocycles. The van der Waals surface area contributed by atoms with Crippen LogP contribution in [0.2, 0.25) is 0 Å². The van der Waals surface area contributed by atoms with Crippen molar-refractivity contribution in [3.63, 3.8) is 0 Å². The third-order valence-corrected chi connectivity index (χ3v) is 3.82. The molecule has 126 valence electrons. The van der Waals surface area contributed by atoms with E-state index in [4.69, 9.17) is 4.74 Å². The first kappa shape index (κ1) is 17.6. The van der Waals surface area contributed by atoms with Crippen LogP contribution in [0.3, 0.4) is 0 Å². The molecule has 0 aliphatic rings. The molecule has 4 nitrogen and oxygen atoms in total. The quantitative estimate of drug-likeness (QED) is 0.816. The van der Waals surface area contributed by atoms with Gasteiger partial charge in [0.15, 0.2) is 0 Å². The molecule has 4 heteroatoms. The van der Waals surface area contributed by atoms with Crippen molar-refractivity contribution in [2.75, 3.05) is 12.4 Å². The van der Waals surface area contributed by atoms with E-state index in [9.17, 15) is 4.79 Å². The molecule has 0 unspecified atom stereocenters. The van der Waals surface area contributed by atoms with Crippen molar-refractivity contribution in [3.05, 3.63) is 65.2 Å². The first-order chi connectivity index (χ1) is 11.6. The Bertz CT molecular complexity index is 738. The summed E-state index contributed by atoms with van der Waals surface area (Å²) in [5.41, 5.74) is 4.81. The minimum atomic E-state index is -0.513. The molecule has 0 saturated carbocycles. The van der Waals surface area contributed by atoms with Gasteiger partial charge in [-0.15, -0.1) is 0 Å². The Morgan fingerprint density at radius 1 is 1.25 bits per heavy atom. The largest absolute Gasteiger partial charge is 0.489 e. The lowest BCUT2D eigenvalue weighted by Crippen LogP contribution is -2.13. The summed E-state index contributed by atoms with van der Waals surface area (Å²) in [7, 11) is 1.33. The van der Waals surface area contributed by atoms with Gasteiger partial charge in [0.05, 0.1) is 12.8 Å². The molecule has 0 aromatic heterocycles. The fourth-order valence-electron chi connectivity index (χ4n) is 2.37. The van der Waals surface area contributed by atoms with Crippen LogP contribution in [-0.2, 0) is 17.8 Å². The van der Waals surface area contributed by atoms with E-state index in [1.807, 2.05) is 31.2 Å². The lowest BCUT2D eigenvalue weighted by Gasteiger charge is -2.14. The fraction of sp³-hybridized carbons (Fsp3) is 0.250. The van der Waals surface area contributed by atoms with Gasteiger partial charge in [0.25, 0.3) is 0 Å². The van der Waals surface area contributed by atoms with E-state index in [1.165, 1.54) is 12.7 Å². The van der Waals surface area contributed by atoms with Gasteiger partial charge in [-0.05, 0) is 42.2 Å². The van der Waals surface area contributed by atoms with Gasteiger partial charge >= 0.3 is 6.09 Å². The molecule has 2 aromatic carbocycles. The maximum Gasteiger partial charge on any atom is 0.411 e. The highest BCUT2D eigenvalue weighted by Crippen LogP contribution is 2.24. The Hall–Kier alpha value is -2.75. The van der Waals surface area contributed by atoms with Crippen LogP contribution < -0.4 is 10.1 Å². The Morgan fingerprint density at radius 2 is 2.04 bits per heavy atom. The van der Waals surface area contributed by atoms with Gasteiger partial charge in [0.1, 0.15) is 12.4 Å². The molecule has 24 heavy (non-hydrogen) atoms. The lowest BCUT2D eigenvalue weighted by atomic mass is 10.1. The average molecular weight is 325 g/mol. The molecule has 2 rings (SSSR count). The van der Waals surface area contributed by atoms with E-state index in [0.29, 0.717) is 12.3 Å². The molecule has 0 aliphatic heterocycles. The lowest BCUT2D eigenvalue weighted by molar-refractivity contribution is 0.187. The number of amides is 1.